The molecule has 130 valence electrons. The first kappa shape index (κ1) is 16.6. The van der Waals surface area contributed by atoms with E-state index in [1.165, 1.54) is 0 Å². The molecule has 3 heterocycles. The number of urea groups is 1. The summed E-state index contributed by atoms with van der Waals surface area (Å²) in [7, 11) is 0. The molecule has 6 heteroatoms. The van der Waals surface area contributed by atoms with Gasteiger partial charge in [-0.05, 0) is 52.9 Å². The van der Waals surface area contributed by atoms with Gasteiger partial charge in [-0.2, -0.15) is 0 Å². The largest absolute Gasteiger partial charge is 0.339 e. The first-order valence-electron chi connectivity index (χ1n) is 9.06. The number of nitrogens with zero attached hydrogens (tertiary/aromatic N) is 2. The molecule has 3 aliphatic rings. The van der Waals surface area contributed by atoms with Gasteiger partial charge in [0.1, 0.15) is 0 Å². The van der Waals surface area contributed by atoms with E-state index in [0.29, 0.717) is 6.04 Å². The highest BCUT2D eigenvalue weighted by Crippen LogP contribution is 2.36. The zero-order chi connectivity index (χ0) is 16.6. The molecule has 3 aliphatic heterocycles. The van der Waals surface area contributed by atoms with Crippen LogP contribution in [0.4, 0.5) is 4.79 Å². The van der Waals surface area contributed by atoms with Crippen molar-refractivity contribution < 1.29 is 9.59 Å². The molecule has 3 saturated heterocycles. The molecule has 3 unspecified atom stereocenters. The molecule has 23 heavy (non-hydrogen) atoms. The van der Waals surface area contributed by atoms with Gasteiger partial charge in [0, 0.05) is 37.8 Å². The van der Waals surface area contributed by atoms with Crippen LogP contribution in [0.1, 0.15) is 52.9 Å². The summed E-state index contributed by atoms with van der Waals surface area (Å²) in [5.74, 6) is 0.276. The number of carbonyl (C=O) groups excluding carboxylic acids is 2. The maximum absolute atomic E-state index is 12.7. The highest BCUT2D eigenvalue weighted by atomic mass is 16.2. The topological polar surface area (TPSA) is 64.7 Å². The summed E-state index contributed by atoms with van der Waals surface area (Å²) < 4.78 is 0. The molecule has 2 N–H and O–H groups in total. The fraction of sp³-hybridized carbons (Fsp3) is 0.882. The van der Waals surface area contributed by atoms with Gasteiger partial charge in [0.2, 0.25) is 5.91 Å². The quantitative estimate of drug-likeness (QED) is 0.820. The summed E-state index contributed by atoms with van der Waals surface area (Å²) in [5, 5.41) is 6.55. The zero-order valence-corrected chi connectivity index (χ0v) is 14.6. The lowest BCUT2D eigenvalue weighted by atomic mass is 9.96. The van der Waals surface area contributed by atoms with Gasteiger partial charge in [-0.25, -0.2) is 4.79 Å². The van der Waals surface area contributed by atoms with Crippen molar-refractivity contribution in [2.75, 3.05) is 19.6 Å². The molecule has 3 rings (SSSR count). The van der Waals surface area contributed by atoms with Crippen LogP contribution in [-0.4, -0.2) is 65.0 Å². The van der Waals surface area contributed by atoms with E-state index in [0.717, 1.165) is 51.7 Å². The second-order valence-corrected chi connectivity index (χ2v) is 7.67. The number of carbonyl (C=O) groups is 2. The van der Waals surface area contributed by atoms with Crippen molar-refractivity contribution >= 4 is 11.9 Å². The Morgan fingerprint density at radius 2 is 1.96 bits per heavy atom. The molecule has 6 nitrogen and oxygen atoms in total. The van der Waals surface area contributed by atoms with Crippen LogP contribution in [-0.2, 0) is 4.79 Å². The summed E-state index contributed by atoms with van der Waals surface area (Å²) in [6.45, 7) is 8.77. The molecule has 0 aromatic rings. The van der Waals surface area contributed by atoms with E-state index in [9.17, 15) is 9.59 Å². The molecule has 0 radical (unpaired) electrons. The molecule has 0 bridgehead atoms. The molecule has 3 fully saturated rings. The third-order valence-electron chi connectivity index (χ3n) is 5.74. The van der Waals surface area contributed by atoms with Crippen LogP contribution in [0.3, 0.4) is 0 Å². The van der Waals surface area contributed by atoms with E-state index in [1.54, 1.807) is 0 Å². The predicted octanol–water partition coefficient (Wildman–Crippen LogP) is 1.31. The smallest absolute Gasteiger partial charge is 0.317 e. The van der Waals surface area contributed by atoms with Crippen molar-refractivity contribution in [3.05, 3.63) is 0 Å². The molecule has 3 atom stereocenters. The van der Waals surface area contributed by atoms with Crippen LogP contribution >= 0.6 is 0 Å². The Labute approximate surface area is 139 Å². The third kappa shape index (κ3) is 3.05. The monoisotopic (exact) mass is 322 g/mol. The first-order chi connectivity index (χ1) is 10.9. The molecule has 0 saturated carbocycles. The summed E-state index contributed by atoms with van der Waals surface area (Å²) in [6.07, 6.45) is 4.80. The van der Waals surface area contributed by atoms with Crippen molar-refractivity contribution in [2.24, 2.45) is 0 Å². The molecule has 3 amide bonds. The van der Waals surface area contributed by atoms with Gasteiger partial charge in [-0.15, -0.1) is 0 Å². The Morgan fingerprint density at radius 1 is 1.17 bits per heavy atom. The Hall–Kier alpha value is -1.30. The van der Waals surface area contributed by atoms with Gasteiger partial charge in [-0.1, -0.05) is 0 Å². The van der Waals surface area contributed by atoms with E-state index >= 15 is 0 Å². The highest BCUT2D eigenvalue weighted by Gasteiger charge is 2.51. The molecular weight excluding hydrogens is 292 g/mol. The van der Waals surface area contributed by atoms with Crippen LogP contribution in [0.2, 0.25) is 0 Å². The maximum Gasteiger partial charge on any atom is 0.317 e. The minimum Gasteiger partial charge on any atom is -0.339 e. The highest BCUT2D eigenvalue weighted by molar-refractivity contribution is 5.89. The van der Waals surface area contributed by atoms with Crippen LogP contribution in [0, 0.1) is 0 Å². The molecule has 0 aliphatic carbocycles. The number of likely N-dealkylation sites (tertiary alicyclic amines) is 1. The van der Waals surface area contributed by atoms with Gasteiger partial charge in [-0.3, -0.25) is 4.79 Å². The minimum absolute atomic E-state index is 0.0550. The average Bonchev–Trinajstić information content (AvgIpc) is 3.05. The molecular formula is C17H30N4O2. The Bertz CT molecular complexity index is 481. The maximum atomic E-state index is 12.7. The summed E-state index contributed by atoms with van der Waals surface area (Å²) in [6, 6.07) is 0.870. The van der Waals surface area contributed by atoms with Crippen molar-refractivity contribution in [3.63, 3.8) is 0 Å². The first-order valence-corrected chi connectivity index (χ1v) is 9.06. The lowest BCUT2D eigenvalue weighted by molar-refractivity contribution is -0.134. The number of nitrogens with one attached hydrogen (secondary N) is 2. The standard InChI is InChI=1S/C17H30N4O2/c1-12(2)20-10-7-17(15(20)22)6-5-14(19-17)11-13(3)21-9-4-8-18-16(21)23/h12-14,19H,4-11H2,1-3H3,(H,18,23). The van der Waals surface area contributed by atoms with E-state index in [2.05, 4.69) is 31.4 Å². The van der Waals surface area contributed by atoms with Crippen LogP contribution in [0.25, 0.3) is 0 Å². The lowest BCUT2D eigenvalue weighted by Crippen LogP contribution is -2.53. The molecule has 0 aromatic carbocycles. The number of amides is 3. The minimum atomic E-state index is -0.335. The van der Waals surface area contributed by atoms with Crippen molar-refractivity contribution in [3.8, 4) is 0 Å². The van der Waals surface area contributed by atoms with Gasteiger partial charge in [0.15, 0.2) is 0 Å². The fourth-order valence-electron chi connectivity index (χ4n) is 4.39. The SMILES string of the molecule is CC(C)N1CCC2(CCC(CC(C)N3CCCNC3=O)N2)C1=O. The van der Waals surface area contributed by atoms with Gasteiger partial charge < -0.3 is 20.4 Å². The van der Waals surface area contributed by atoms with Crippen molar-refractivity contribution in [2.45, 2.75) is 76.5 Å². The van der Waals surface area contributed by atoms with Crippen molar-refractivity contribution in [1.82, 2.24) is 20.4 Å². The predicted molar refractivity (Wildman–Crippen MR) is 89.2 cm³/mol. The van der Waals surface area contributed by atoms with Crippen LogP contribution in [0.15, 0.2) is 0 Å². The lowest BCUT2D eigenvalue weighted by Gasteiger charge is -2.34. The van der Waals surface area contributed by atoms with Gasteiger partial charge >= 0.3 is 6.03 Å². The second-order valence-electron chi connectivity index (χ2n) is 7.67. The average molecular weight is 322 g/mol. The second kappa shape index (κ2) is 6.30. The molecule has 1 spiro atoms. The Balaban J connectivity index is 1.58. The number of hydrogen-bond donors (Lipinski definition) is 2. The van der Waals surface area contributed by atoms with E-state index in [1.807, 2.05) is 9.80 Å². The normalized spacial score (nSPS) is 33.0. The Morgan fingerprint density at radius 3 is 2.61 bits per heavy atom. The van der Waals surface area contributed by atoms with E-state index < -0.39 is 0 Å². The van der Waals surface area contributed by atoms with Crippen LogP contribution < -0.4 is 10.6 Å². The summed E-state index contributed by atoms with van der Waals surface area (Å²) >= 11 is 0. The van der Waals surface area contributed by atoms with E-state index in [-0.39, 0.29) is 29.6 Å². The van der Waals surface area contributed by atoms with Gasteiger partial charge in [0.05, 0.1) is 5.54 Å². The summed E-state index contributed by atoms with van der Waals surface area (Å²) in [4.78, 5) is 28.6. The number of rotatable bonds is 4. The van der Waals surface area contributed by atoms with E-state index in [4.69, 9.17) is 0 Å². The fourth-order valence-corrected chi connectivity index (χ4v) is 4.39. The summed E-state index contributed by atoms with van der Waals surface area (Å²) in [5.41, 5.74) is -0.335. The van der Waals surface area contributed by atoms with Gasteiger partial charge in [0.25, 0.3) is 0 Å². The third-order valence-corrected chi connectivity index (χ3v) is 5.74. The zero-order valence-electron chi connectivity index (χ0n) is 14.6. The van der Waals surface area contributed by atoms with Crippen LogP contribution in [0.5, 0.6) is 0 Å². The number of hydrogen-bond acceptors (Lipinski definition) is 3. The Kier molecular flexibility index (Phi) is 4.54. The van der Waals surface area contributed by atoms with Crippen molar-refractivity contribution in [1.29, 1.82) is 0 Å². The molecule has 0 aromatic heterocycles.